The summed E-state index contributed by atoms with van der Waals surface area (Å²) in [5.41, 5.74) is -0.576. The molecule has 2 aromatic heterocycles. The SMILES string of the molecule is CCOC(=O)Nc1ncnc2c1ncn2CC(C)OCP(NC(C)(C)C=O)NC(C)(C)C=O. The summed E-state index contributed by atoms with van der Waals surface area (Å²) in [6, 6.07) is 0. The molecule has 0 bridgehead atoms. The lowest BCUT2D eigenvalue weighted by Crippen LogP contribution is -2.46. The predicted molar refractivity (Wildman–Crippen MR) is 125 cm³/mol. The van der Waals surface area contributed by atoms with Gasteiger partial charge in [0, 0.05) is 0 Å². The molecule has 0 aliphatic heterocycles. The van der Waals surface area contributed by atoms with Crippen LogP contribution in [0, 0.1) is 0 Å². The maximum absolute atomic E-state index is 11.7. The molecule has 2 aromatic rings. The predicted octanol–water partition coefficient (Wildman–Crippen LogP) is 2.20. The highest BCUT2D eigenvalue weighted by Crippen LogP contribution is 2.32. The minimum atomic E-state index is -1.19. The number of hydrogen-bond donors (Lipinski definition) is 3. The Morgan fingerprint density at radius 2 is 1.79 bits per heavy atom. The number of anilines is 1. The molecule has 0 aromatic carbocycles. The van der Waals surface area contributed by atoms with Crippen LogP contribution >= 0.6 is 8.22 Å². The fraction of sp³-hybridized carbons (Fsp3) is 0.600. The maximum atomic E-state index is 11.7. The molecule has 0 saturated heterocycles. The van der Waals surface area contributed by atoms with E-state index in [4.69, 9.17) is 9.47 Å². The largest absolute Gasteiger partial charge is 0.450 e. The fourth-order valence-electron chi connectivity index (χ4n) is 2.74. The Balaban J connectivity index is 2.07. The van der Waals surface area contributed by atoms with Gasteiger partial charge in [-0.3, -0.25) is 15.5 Å². The molecule has 182 valence electrons. The number of rotatable bonds is 13. The van der Waals surface area contributed by atoms with Gasteiger partial charge in [0.2, 0.25) is 0 Å². The highest BCUT2D eigenvalue weighted by molar-refractivity contribution is 7.53. The van der Waals surface area contributed by atoms with E-state index in [2.05, 4.69) is 30.4 Å². The van der Waals surface area contributed by atoms with Gasteiger partial charge in [0.05, 0.1) is 51.2 Å². The van der Waals surface area contributed by atoms with Crippen LogP contribution in [0.25, 0.3) is 11.2 Å². The molecular weight excluding hydrogens is 449 g/mol. The minimum Gasteiger partial charge on any atom is -0.450 e. The van der Waals surface area contributed by atoms with Gasteiger partial charge in [0.1, 0.15) is 18.9 Å². The van der Waals surface area contributed by atoms with E-state index < -0.39 is 25.4 Å². The number of hydrogen-bond acceptors (Lipinski definition) is 10. The van der Waals surface area contributed by atoms with Crippen molar-refractivity contribution in [2.24, 2.45) is 0 Å². The number of imidazole rings is 1. The second kappa shape index (κ2) is 11.6. The molecular formula is C20H32N7O5P. The number of aromatic nitrogens is 4. The van der Waals surface area contributed by atoms with E-state index >= 15 is 0 Å². The lowest BCUT2D eigenvalue weighted by molar-refractivity contribution is -0.112. The number of nitrogens with zero attached hydrogens (tertiary/aromatic N) is 4. The first kappa shape index (κ1) is 26.7. The Kier molecular flexibility index (Phi) is 9.35. The minimum absolute atomic E-state index is 0.240. The van der Waals surface area contributed by atoms with Crippen LogP contribution in [0.15, 0.2) is 12.7 Å². The monoisotopic (exact) mass is 481 g/mol. The molecule has 13 heteroatoms. The number of fused-ring (bicyclic) bond motifs is 1. The van der Waals surface area contributed by atoms with Gasteiger partial charge in [0.15, 0.2) is 17.0 Å². The van der Waals surface area contributed by atoms with Crippen LogP contribution in [-0.4, -0.2) is 68.3 Å². The van der Waals surface area contributed by atoms with Crippen molar-refractivity contribution in [3.63, 3.8) is 0 Å². The molecule has 33 heavy (non-hydrogen) atoms. The Morgan fingerprint density at radius 3 is 2.36 bits per heavy atom. The van der Waals surface area contributed by atoms with Crippen molar-refractivity contribution in [3.8, 4) is 0 Å². The maximum Gasteiger partial charge on any atom is 0.412 e. The van der Waals surface area contributed by atoms with E-state index in [0.717, 1.165) is 12.6 Å². The summed E-state index contributed by atoms with van der Waals surface area (Å²) in [6.45, 7) is 11.3. The Hall–Kier alpha value is -2.53. The zero-order valence-electron chi connectivity index (χ0n) is 19.8. The van der Waals surface area contributed by atoms with Crippen molar-refractivity contribution in [2.45, 2.75) is 65.3 Å². The van der Waals surface area contributed by atoms with Gasteiger partial charge in [-0.1, -0.05) is 0 Å². The molecule has 2 heterocycles. The summed E-state index contributed by atoms with van der Waals surface area (Å²) in [7, 11) is -1.19. The molecule has 1 amide bonds. The summed E-state index contributed by atoms with van der Waals surface area (Å²) >= 11 is 0. The van der Waals surface area contributed by atoms with Crippen molar-refractivity contribution in [1.29, 1.82) is 0 Å². The lowest BCUT2D eigenvalue weighted by atomic mass is 10.1. The van der Waals surface area contributed by atoms with E-state index in [1.807, 2.05) is 6.92 Å². The number of ether oxygens (including phenoxy) is 2. The van der Waals surface area contributed by atoms with Gasteiger partial charge in [-0.15, -0.1) is 0 Å². The van der Waals surface area contributed by atoms with Crippen LogP contribution in [0.5, 0.6) is 0 Å². The van der Waals surface area contributed by atoms with Crippen molar-refractivity contribution in [3.05, 3.63) is 12.7 Å². The van der Waals surface area contributed by atoms with Crippen LogP contribution < -0.4 is 15.5 Å². The van der Waals surface area contributed by atoms with Crippen molar-refractivity contribution in [2.75, 3.05) is 18.3 Å². The van der Waals surface area contributed by atoms with Crippen LogP contribution in [0.1, 0.15) is 41.5 Å². The Bertz CT molecular complexity index is 943. The second-order valence-corrected chi connectivity index (χ2v) is 10.1. The van der Waals surface area contributed by atoms with E-state index in [9.17, 15) is 14.4 Å². The summed E-state index contributed by atoms with van der Waals surface area (Å²) in [4.78, 5) is 47.1. The normalized spacial score (nSPS) is 13.2. The lowest BCUT2D eigenvalue weighted by Gasteiger charge is -2.33. The third-order valence-corrected chi connectivity index (χ3v) is 6.37. The fourth-order valence-corrected chi connectivity index (χ4v) is 4.83. The van der Waals surface area contributed by atoms with E-state index in [0.29, 0.717) is 17.7 Å². The topological polar surface area (TPSA) is 149 Å². The van der Waals surface area contributed by atoms with Crippen molar-refractivity contribution < 1.29 is 23.9 Å². The first-order valence-corrected chi connectivity index (χ1v) is 12.0. The molecule has 3 N–H and O–H groups in total. The first-order chi connectivity index (χ1) is 15.5. The zero-order chi connectivity index (χ0) is 24.6. The number of aldehydes is 2. The van der Waals surface area contributed by atoms with E-state index in [1.165, 1.54) is 6.33 Å². The molecule has 1 atom stereocenters. The molecule has 0 aliphatic rings. The van der Waals surface area contributed by atoms with Crippen LogP contribution in [-0.2, 0) is 25.6 Å². The summed E-state index contributed by atoms with van der Waals surface area (Å²) in [6.07, 6.45) is 3.98. The number of carbonyl (C=O) groups excluding carboxylic acids is 3. The van der Waals surface area contributed by atoms with Crippen LogP contribution in [0.2, 0.25) is 0 Å². The van der Waals surface area contributed by atoms with Gasteiger partial charge in [0.25, 0.3) is 0 Å². The first-order valence-electron chi connectivity index (χ1n) is 10.5. The smallest absolute Gasteiger partial charge is 0.412 e. The molecule has 0 fully saturated rings. The van der Waals surface area contributed by atoms with Crippen molar-refractivity contribution >= 4 is 43.9 Å². The summed E-state index contributed by atoms with van der Waals surface area (Å²) < 4.78 is 12.7. The van der Waals surface area contributed by atoms with E-state index in [-0.39, 0.29) is 24.9 Å². The number of nitrogens with one attached hydrogen (secondary N) is 3. The van der Waals surface area contributed by atoms with Gasteiger partial charge in [-0.2, -0.15) is 0 Å². The highest BCUT2D eigenvalue weighted by Gasteiger charge is 2.27. The summed E-state index contributed by atoms with van der Waals surface area (Å²) in [5.74, 6) is 0.259. The van der Waals surface area contributed by atoms with Gasteiger partial charge in [-0.05, 0) is 41.5 Å². The second-order valence-electron chi connectivity index (χ2n) is 8.57. The van der Waals surface area contributed by atoms with Gasteiger partial charge >= 0.3 is 6.09 Å². The van der Waals surface area contributed by atoms with Crippen LogP contribution in [0.4, 0.5) is 10.6 Å². The van der Waals surface area contributed by atoms with Crippen molar-refractivity contribution in [1.82, 2.24) is 29.7 Å². The molecule has 0 aliphatic carbocycles. The van der Waals surface area contributed by atoms with Gasteiger partial charge < -0.3 is 23.6 Å². The van der Waals surface area contributed by atoms with Crippen LogP contribution in [0.3, 0.4) is 0 Å². The molecule has 0 saturated carbocycles. The third kappa shape index (κ3) is 8.08. The summed E-state index contributed by atoms with van der Waals surface area (Å²) in [5, 5.41) is 9.00. The Morgan fingerprint density at radius 1 is 1.15 bits per heavy atom. The average Bonchev–Trinajstić information content (AvgIpc) is 3.15. The quantitative estimate of drug-likeness (QED) is 0.287. The third-order valence-electron chi connectivity index (χ3n) is 4.27. The number of amides is 1. The molecule has 2 rings (SSSR count). The van der Waals surface area contributed by atoms with Gasteiger partial charge in [-0.25, -0.2) is 19.7 Å². The molecule has 1 unspecified atom stereocenters. The molecule has 12 nitrogen and oxygen atoms in total. The van der Waals surface area contributed by atoms with E-state index in [1.54, 1.807) is 45.5 Å². The number of carbonyl (C=O) groups is 3. The Labute approximate surface area is 194 Å². The standard InChI is InChI=1S/C20H32N7O5P/c1-7-31-18(30)24-16-15-17(22-11-21-16)27(12-23-15)8-14(2)32-13-33(25-19(3,4)9-28)26-20(5,6)10-29/h9-12,14,25-26H,7-8,13H2,1-6H3,(H,21,22,24,30). The molecule has 0 spiro atoms. The highest BCUT2D eigenvalue weighted by atomic mass is 31.1. The molecule has 0 radical (unpaired) electrons. The average molecular weight is 481 g/mol. The zero-order valence-corrected chi connectivity index (χ0v) is 20.7.